The number of phenolic OH excluding ortho intramolecular Hbond substituents is 1. The highest BCUT2D eigenvalue weighted by Gasteiger charge is 2.08. The highest BCUT2D eigenvalue weighted by atomic mass is 35.5. The van der Waals surface area contributed by atoms with Crippen LogP contribution in [0.3, 0.4) is 0 Å². The number of amides is 1. The molecule has 0 aliphatic carbocycles. The second-order valence-electron chi connectivity index (χ2n) is 3.63. The first-order chi connectivity index (χ1) is 9.47. The van der Waals surface area contributed by atoms with E-state index in [1.807, 2.05) is 0 Å². The number of nitrogens with one attached hydrogen (secondary N) is 1. The lowest BCUT2D eigenvalue weighted by Crippen LogP contribution is -2.16. The van der Waals surface area contributed by atoms with Gasteiger partial charge in [-0.1, -0.05) is 34.8 Å². The molecule has 104 valence electrons. The van der Waals surface area contributed by atoms with Gasteiger partial charge in [0.15, 0.2) is 0 Å². The van der Waals surface area contributed by atoms with Gasteiger partial charge in [-0.15, -0.1) is 11.3 Å². The van der Waals surface area contributed by atoms with E-state index in [-0.39, 0.29) is 10.8 Å². The molecular formula is C12H7Cl3N2O2S. The van der Waals surface area contributed by atoms with E-state index in [1.54, 1.807) is 12.1 Å². The van der Waals surface area contributed by atoms with Crippen LogP contribution in [0.1, 0.15) is 15.2 Å². The Labute approximate surface area is 133 Å². The first-order valence-corrected chi connectivity index (χ1v) is 7.19. The van der Waals surface area contributed by atoms with Gasteiger partial charge in [-0.2, -0.15) is 5.10 Å². The fourth-order valence-electron chi connectivity index (χ4n) is 1.34. The Morgan fingerprint density at radius 1 is 1.30 bits per heavy atom. The van der Waals surface area contributed by atoms with Crippen LogP contribution in [0.4, 0.5) is 0 Å². The number of benzene rings is 1. The van der Waals surface area contributed by atoms with E-state index in [0.717, 1.165) is 11.3 Å². The number of hydrazone groups is 1. The van der Waals surface area contributed by atoms with Crippen molar-refractivity contribution < 1.29 is 9.90 Å². The number of thiophene rings is 1. The first-order valence-electron chi connectivity index (χ1n) is 5.24. The zero-order valence-corrected chi connectivity index (χ0v) is 12.8. The molecule has 1 amide bonds. The standard InChI is InChI=1S/C12H7Cl3N2O2S/c13-7-3-6(11(18)8(14)4-7)5-16-17-12(19)9-1-2-10(15)20-9/h1-5,18H,(H,17,19)/b16-5+. The average Bonchev–Trinajstić information content (AvgIpc) is 2.81. The van der Waals surface area contributed by atoms with Gasteiger partial charge in [0.05, 0.1) is 20.5 Å². The number of phenols is 1. The molecule has 0 aliphatic rings. The molecular weight excluding hydrogens is 343 g/mol. The molecule has 0 bridgehead atoms. The van der Waals surface area contributed by atoms with E-state index in [2.05, 4.69) is 10.5 Å². The summed E-state index contributed by atoms with van der Waals surface area (Å²) < 4.78 is 0.512. The first kappa shape index (κ1) is 15.1. The van der Waals surface area contributed by atoms with E-state index in [1.165, 1.54) is 18.3 Å². The number of aromatic hydroxyl groups is 1. The van der Waals surface area contributed by atoms with Crippen molar-refractivity contribution in [2.45, 2.75) is 0 Å². The third-order valence-corrected chi connectivity index (χ3v) is 3.96. The number of hydrogen-bond donors (Lipinski definition) is 2. The Kier molecular flexibility index (Phi) is 4.88. The molecule has 1 heterocycles. The molecule has 0 atom stereocenters. The van der Waals surface area contributed by atoms with Gasteiger partial charge in [0, 0.05) is 10.6 Å². The molecule has 8 heteroatoms. The molecule has 0 spiro atoms. The number of carbonyl (C=O) groups excluding carboxylic acids is 1. The number of hydrogen-bond acceptors (Lipinski definition) is 4. The maximum absolute atomic E-state index is 11.7. The summed E-state index contributed by atoms with van der Waals surface area (Å²) in [5.41, 5.74) is 2.61. The largest absolute Gasteiger partial charge is 0.506 e. The number of halogens is 3. The van der Waals surface area contributed by atoms with Crippen LogP contribution in [0.15, 0.2) is 29.4 Å². The van der Waals surface area contributed by atoms with Crippen molar-refractivity contribution in [3.8, 4) is 5.75 Å². The SMILES string of the molecule is O=C(N/N=C/c1cc(Cl)cc(Cl)c1O)c1ccc(Cl)s1. The molecule has 0 saturated heterocycles. The average molecular weight is 350 g/mol. The van der Waals surface area contributed by atoms with Crippen LogP contribution < -0.4 is 5.43 Å². The summed E-state index contributed by atoms with van der Waals surface area (Å²) in [5.74, 6) is -0.556. The third-order valence-electron chi connectivity index (χ3n) is 2.22. The fraction of sp³-hybridized carbons (Fsp3) is 0. The maximum Gasteiger partial charge on any atom is 0.281 e. The minimum Gasteiger partial charge on any atom is -0.506 e. The zero-order valence-electron chi connectivity index (χ0n) is 9.73. The van der Waals surface area contributed by atoms with Gasteiger partial charge in [0.25, 0.3) is 5.91 Å². The van der Waals surface area contributed by atoms with Crippen LogP contribution in [0, 0.1) is 0 Å². The second-order valence-corrected chi connectivity index (χ2v) is 6.19. The Morgan fingerprint density at radius 3 is 2.70 bits per heavy atom. The summed E-state index contributed by atoms with van der Waals surface area (Å²) in [6, 6.07) is 6.08. The van der Waals surface area contributed by atoms with Crippen LogP contribution in [-0.4, -0.2) is 17.2 Å². The summed E-state index contributed by atoms with van der Waals surface area (Å²) in [6.45, 7) is 0. The van der Waals surface area contributed by atoms with Gasteiger partial charge >= 0.3 is 0 Å². The number of carbonyl (C=O) groups is 1. The monoisotopic (exact) mass is 348 g/mol. The zero-order chi connectivity index (χ0) is 14.7. The quantitative estimate of drug-likeness (QED) is 0.645. The smallest absolute Gasteiger partial charge is 0.281 e. The summed E-state index contributed by atoms with van der Waals surface area (Å²) in [7, 11) is 0. The minimum atomic E-state index is -0.397. The van der Waals surface area contributed by atoms with Crippen LogP contribution in [0.25, 0.3) is 0 Å². The summed E-state index contributed by atoms with van der Waals surface area (Å²) in [4.78, 5) is 12.1. The highest BCUT2D eigenvalue weighted by molar-refractivity contribution is 7.17. The molecule has 2 rings (SSSR count). The predicted molar refractivity (Wildman–Crippen MR) is 82.5 cm³/mol. The van der Waals surface area contributed by atoms with Crippen molar-refractivity contribution in [2.24, 2.45) is 5.10 Å². The lowest BCUT2D eigenvalue weighted by molar-refractivity contribution is 0.0959. The topological polar surface area (TPSA) is 61.7 Å². The molecule has 1 aromatic carbocycles. The van der Waals surface area contributed by atoms with E-state index in [4.69, 9.17) is 34.8 Å². The Hall–Kier alpha value is -1.27. The lowest BCUT2D eigenvalue weighted by atomic mass is 10.2. The van der Waals surface area contributed by atoms with Crippen molar-refractivity contribution >= 4 is 58.3 Å². The molecule has 0 aliphatic heterocycles. The van der Waals surface area contributed by atoms with Gasteiger partial charge in [0.1, 0.15) is 5.75 Å². The van der Waals surface area contributed by atoms with Gasteiger partial charge < -0.3 is 5.11 Å². The summed E-state index contributed by atoms with van der Waals surface area (Å²) in [5, 5.41) is 13.9. The van der Waals surface area contributed by atoms with Crippen LogP contribution in [0.2, 0.25) is 14.4 Å². The molecule has 0 saturated carbocycles. The Balaban J connectivity index is 2.09. The molecule has 20 heavy (non-hydrogen) atoms. The third kappa shape index (κ3) is 3.64. The van der Waals surface area contributed by atoms with Gasteiger partial charge in [-0.3, -0.25) is 4.79 Å². The molecule has 4 nitrogen and oxygen atoms in total. The van der Waals surface area contributed by atoms with Gasteiger partial charge in [0.2, 0.25) is 0 Å². The van der Waals surface area contributed by atoms with Crippen LogP contribution in [-0.2, 0) is 0 Å². The lowest BCUT2D eigenvalue weighted by Gasteiger charge is -2.02. The van der Waals surface area contributed by atoms with E-state index in [9.17, 15) is 9.90 Å². The minimum absolute atomic E-state index is 0.107. The second kappa shape index (κ2) is 6.45. The van der Waals surface area contributed by atoms with E-state index in [0.29, 0.717) is 19.8 Å². The Morgan fingerprint density at radius 2 is 2.05 bits per heavy atom. The number of nitrogens with zero attached hydrogens (tertiary/aromatic N) is 1. The molecule has 2 N–H and O–H groups in total. The van der Waals surface area contributed by atoms with Crippen LogP contribution in [0.5, 0.6) is 5.75 Å². The molecule has 2 aromatic rings. The van der Waals surface area contributed by atoms with Crippen molar-refractivity contribution in [3.05, 3.63) is 49.1 Å². The Bertz CT molecular complexity index is 685. The van der Waals surface area contributed by atoms with E-state index < -0.39 is 5.91 Å². The highest BCUT2D eigenvalue weighted by Crippen LogP contribution is 2.29. The van der Waals surface area contributed by atoms with Gasteiger partial charge in [-0.05, 0) is 24.3 Å². The summed E-state index contributed by atoms with van der Waals surface area (Å²) in [6.07, 6.45) is 1.25. The molecule has 0 unspecified atom stereocenters. The van der Waals surface area contributed by atoms with Crippen molar-refractivity contribution in [3.63, 3.8) is 0 Å². The van der Waals surface area contributed by atoms with Crippen molar-refractivity contribution in [2.75, 3.05) is 0 Å². The maximum atomic E-state index is 11.7. The predicted octanol–water partition coefficient (Wildman–Crippen LogP) is 4.18. The van der Waals surface area contributed by atoms with Crippen LogP contribution >= 0.6 is 46.1 Å². The molecule has 0 fully saturated rings. The normalized spacial score (nSPS) is 10.9. The molecule has 0 radical (unpaired) electrons. The van der Waals surface area contributed by atoms with Crippen molar-refractivity contribution in [1.29, 1.82) is 0 Å². The molecule has 1 aromatic heterocycles. The fourth-order valence-corrected chi connectivity index (χ4v) is 2.78. The number of rotatable bonds is 3. The summed E-state index contributed by atoms with van der Waals surface area (Å²) >= 11 is 18.4. The van der Waals surface area contributed by atoms with Crippen molar-refractivity contribution in [1.82, 2.24) is 5.43 Å². The van der Waals surface area contributed by atoms with Gasteiger partial charge in [-0.25, -0.2) is 5.43 Å². The van der Waals surface area contributed by atoms with E-state index >= 15 is 0 Å².